The van der Waals surface area contributed by atoms with Crippen molar-refractivity contribution in [3.05, 3.63) is 88.2 Å². The van der Waals surface area contributed by atoms with Crippen LogP contribution in [0.4, 0.5) is 0 Å². The summed E-state index contributed by atoms with van der Waals surface area (Å²) >= 11 is 1.63. The molecule has 0 aliphatic rings. The van der Waals surface area contributed by atoms with Crippen molar-refractivity contribution in [2.24, 2.45) is 0 Å². The van der Waals surface area contributed by atoms with Gasteiger partial charge in [-0.2, -0.15) is 0 Å². The molecule has 0 aliphatic heterocycles. The summed E-state index contributed by atoms with van der Waals surface area (Å²) in [6.07, 6.45) is 0. The number of hydrogen-bond donors (Lipinski definition) is 2. The van der Waals surface area contributed by atoms with Crippen molar-refractivity contribution in [3.63, 3.8) is 0 Å². The highest BCUT2D eigenvalue weighted by Gasteiger charge is 2.10. The standard InChI is InChI=1S/C21H18N2O2S/c24-21(22-13-18-7-4-10-26-18)20-11-16-8-9-17(12-19(16)23-20)25-14-15-5-2-1-3-6-15/h1-12,23H,13-14H2,(H,22,24). The third-order valence-corrected chi connectivity index (χ3v) is 4.97. The van der Waals surface area contributed by atoms with Crippen LogP contribution in [0, 0.1) is 0 Å². The Labute approximate surface area is 155 Å². The SMILES string of the molecule is O=C(NCc1cccs1)c1cc2ccc(OCc3ccccc3)cc2[nH]1. The van der Waals surface area contributed by atoms with Crippen molar-refractivity contribution >= 4 is 28.1 Å². The number of hydrogen-bond acceptors (Lipinski definition) is 3. The summed E-state index contributed by atoms with van der Waals surface area (Å²) in [7, 11) is 0. The molecule has 0 unspecified atom stereocenters. The van der Waals surface area contributed by atoms with Gasteiger partial charge in [0.2, 0.25) is 0 Å². The third-order valence-electron chi connectivity index (χ3n) is 4.09. The van der Waals surface area contributed by atoms with Gasteiger partial charge in [0.25, 0.3) is 5.91 Å². The minimum absolute atomic E-state index is 0.110. The van der Waals surface area contributed by atoms with E-state index in [0.29, 0.717) is 18.8 Å². The molecule has 2 N–H and O–H groups in total. The molecule has 0 saturated carbocycles. The molecule has 0 saturated heterocycles. The van der Waals surface area contributed by atoms with Gasteiger partial charge in [0, 0.05) is 21.8 Å². The number of amides is 1. The molecule has 0 spiro atoms. The van der Waals surface area contributed by atoms with Crippen molar-refractivity contribution in [3.8, 4) is 5.75 Å². The summed E-state index contributed by atoms with van der Waals surface area (Å²) in [6.45, 7) is 1.05. The van der Waals surface area contributed by atoms with Crippen molar-refractivity contribution in [2.75, 3.05) is 0 Å². The number of rotatable bonds is 6. The van der Waals surface area contributed by atoms with Gasteiger partial charge in [0.05, 0.1) is 6.54 Å². The number of aromatic amines is 1. The fourth-order valence-electron chi connectivity index (χ4n) is 2.73. The van der Waals surface area contributed by atoms with Gasteiger partial charge in [-0.15, -0.1) is 11.3 Å². The number of nitrogens with one attached hydrogen (secondary N) is 2. The van der Waals surface area contributed by atoms with Crippen LogP contribution in [0.1, 0.15) is 20.9 Å². The lowest BCUT2D eigenvalue weighted by Gasteiger charge is -2.06. The molecule has 130 valence electrons. The monoisotopic (exact) mass is 362 g/mol. The maximum Gasteiger partial charge on any atom is 0.268 e. The minimum atomic E-state index is -0.110. The highest BCUT2D eigenvalue weighted by molar-refractivity contribution is 7.09. The van der Waals surface area contributed by atoms with Crippen LogP contribution in [0.2, 0.25) is 0 Å². The minimum Gasteiger partial charge on any atom is -0.489 e. The van der Waals surface area contributed by atoms with Crippen LogP contribution < -0.4 is 10.1 Å². The number of benzene rings is 2. The number of aromatic nitrogens is 1. The molecule has 2 heterocycles. The van der Waals surface area contributed by atoms with Gasteiger partial charge in [-0.1, -0.05) is 36.4 Å². The summed E-state index contributed by atoms with van der Waals surface area (Å²) in [5, 5.41) is 5.92. The first-order valence-electron chi connectivity index (χ1n) is 8.38. The van der Waals surface area contributed by atoms with E-state index < -0.39 is 0 Å². The number of ether oxygens (including phenoxy) is 1. The Bertz CT molecular complexity index is 1010. The average Bonchev–Trinajstić information content (AvgIpc) is 3.34. The lowest BCUT2D eigenvalue weighted by Crippen LogP contribution is -2.22. The Balaban J connectivity index is 1.44. The second kappa shape index (κ2) is 7.45. The summed E-state index contributed by atoms with van der Waals surface area (Å²) in [4.78, 5) is 16.6. The highest BCUT2D eigenvalue weighted by atomic mass is 32.1. The maximum absolute atomic E-state index is 12.3. The van der Waals surface area contributed by atoms with Crippen molar-refractivity contribution < 1.29 is 9.53 Å². The third kappa shape index (κ3) is 3.78. The Morgan fingerprint density at radius 1 is 1.04 bits per heavy atom. The molecule has 2 aromatic carbocycles. The molecule has 2 aromatic heterocycles. The lowest BCUT2D eigenvalue weighted by atomic mass is 10.2. The zero-order valence-corrected chi connectivity index (χ0v) is 14.9. The van der Waals surface area contributed by atoms with Crippen LogP contribution in [-0.2, 0) is 13.2 Å². The number of thiophene rings is 1. The van der Waals surface area contributed by atoms with E-state index in [4.69, 9.17) is 4.74 Å². The van der Waals surface area contributed by atoms with Crippen molar-refractivity contribution in [1.82, 2.24) is 10.3 Å². The van der Waals surface area contributed by atoms with E-state index in [1.54, 1.807) is 11.3 Å². The van der Waals surface area contributed by atoms with Gasteiger partial charge in [0.15, 0.2) is 0 Å². The fraction of sp³-hybridized carbons (Fsp3) is 0.0952. The van der Waals surface area contributed by atoms with E-state index in [2.05, 4.69) is 10.3 Å². The van der Waals surface area contributed by atoms with Gasteiger partial charge in [0.1, 0.15) is 18.1 Å². The zero-order chi connectivity index (χ0) is 17.8. The predicted octanol–water partition coefficient (Wildman–Crippen LogP) is 4.74. The number of carbonyl (C=O) groups excluding carboxylic acids is 1. The molecular weight excluding hydrogens is 344 g/mol. The van der Waals surface area contributed by atoms with Gasteiger partial charge in [-0.25, -0.2) is 0 Å². The smallest absolute Gasteiger partial charge is 0.268 e. The second-order valence-corrected chi connectivity index (χ2v) is 7.00. The molecule has 4 nitrogen and oxygen atoms in total. The largest absolute Gasteiger partial charge is 0.489 e. The second-order valence-electron chi connectivity index (χ2n) is 5.97. The van der Waals surface area contributed by atoms with E-state index in [-0.39, 0.29) is 5.91 Å². The Morgan fingerprint density at radius 2 is 1.92 bits per heavy atom. The number of carbonyl (C=O) groups is 1. The first-order valence-corrected chi connectivity index (χ1v) is 9.26. The van der Waals surface area contributed by atoms with Crippen LogP contribution in [0.15, 0.2) is 72.1 Å². The van der Waals surface area contributed by atoms with Gasteiger partial charge < -0.3 is 15.0 Å². The molecule has 0 bridgehead atoms. The first kappa shape index (κ1) is 16.4. The summed E-state index contributed by atoms with van der Waals surface area (Å²) in [5.74, 6) is 0.662. The van der Waals surface area contributed by atoms with E-state index >= 15 is 0 Å². The van der Waals surface area contributed by atoms with Gasteiger partial charge in [-0.05, 0) is 35.2 Å². The molecule has 0 radical (unpaired) electrons. The van der Waals surface area contributed by atoms with E-state index in [1.165, 1.54) is 0 Å². The molecule has 26 heavy (non-hydrogen) atoms. The summed E-state index contributed by atoms with van der Waals surface area (Å²) < 4.78 is 5.85. The molecular formula is C21H18N2O2S. The van der Waals surface area contributed by atoms with Crippen LogP contribution in [0.3, 0.4) is 0 Å². The lowest BCUT2D eigenvalue weighted by molar-refractivity contribution is 0.0947. The predicted molar refractivity (Wildman–Crippen MR) is 105 cm³/mol. The van der Waals surface area contributed by atoms with Crippen LogP contribution in [0.5, 0.6) is 5.75 Å². The topological polar surface area (TPSA) is 54.1 Å². The molecule has 5 heteroatoms. The Morgan fingerprint density at radius 3 is 2.73 bits per heavy atom. The van der Waals surface area contributed by atoms with Crippen molar-refractivity contribution in [1.29, 1.82) is 0 Å². The maximum atomic E-state index is 12.3. The molecule has 4 rings (SSSR count). The van der Waals surface area contributed by atoms with Crippen LogP contribution >= 0.6 is 11.3 Å². The normalized spacial score (nSPS) is 10.8. The van der Waals surface area contributed by atoms with Gasteiger partial charge >= 0.3 is 0 Å². The average molecular weight is 362 g/mol. The molecule has 0 fully saturated rings. The molecule has 0 aliphatic carbocycles. The first-order chi connectivity index (χ1) is 12.8. The molecule has 1 amide bonds. The Kier molecular flexibility index (Phi) is 4.71. The van der Waals surface area contributed by atoms with E-state index in [0.717, 1.165) is 27.1 Å². The number of fused-ring (bicyclic) bond motifs is 1. The highest BCUT2D eigenvalue weighted by Crippen LogP contribution is 2.22. The fourth-order valence-corrected chi connectivity index (χ4v) is 3.38. The quantitative estimate of drug-likeness (QED) is 0.521. The van der Waals surface area contributed by atoms with Crippen LogP contribution in [0.25, 0.3) is 10.9 Å². The van der Waals surface area contributed by atoms with Gasteiger partial charge in [-0.3, -0.25) is 4.79 Å². The summed E-state index contributed by atoms with van der Waals surface area (Å²) in [6, 6.07) is 21.7. The molecule has 4 aromatic rings. The number of H-pyrrole nitrogens is 1. The van der Waals surface area contributed by atoms with E-state index in [1.807, 2.05) is 72.1 Å². The molecule has 0 atom stereocenters. The Hall–Kier alpha value is -3.05. The summed E-state index contributed by atoms with van der Waals surface area (Å²) in [5.41, 5.74) is 2.56. The van der Waals surface area contributed by atoms with Crippen molar-refractivity contribution in [2.45, 2.75) is 13.2 Å². The zero-order valence-electron chi connectivity index (χ0n) is 14.1. The van der Waals surface area contributed by atoms with Crippen LogP contribution in [-0.4, -0.2) is 10.9 Å². The van der Waals surface area contributed by atoms with E-state index in [9.17, 15) is 4.79 Å².